The smallest absolute Gasteiger partial charge is 0.234 e. The van der Waals surface area contributed by atoms with Gasteiger partial charge in [-0.1, -0.05) is 12.1 Å². The van der Waals surface area contributed by atoms with E-state index >= 15 is 0 Å². The maximum Gasteiger partial charge on any atom is 0.234 e. The molecule has 4 nitrogen and oxygen atoms in total. The van der Waals surface area contributed by atoms with Crippen molar-refractivity contribution in [2.45, 2.75) is 25.2 Å². The average Bonchev–Trinajstić information content (AvgIpc) is 2.45. The largest absolute Gasteiger partial charge is 0.326 e. The molecule has 2 aromatic carbocycles. The van der Waals surface area contributed by atoms with Crippen molar-refractivity contribution in [2.24, 2.45) is 0 Å². The van der Waals surface area contributed by atoms with E-state index in [2.05, 4.69) is 16.7 Å². The molecule has 0 bridgehead atoms. The number of anilines is 2. The molecule has 2 N–H and O–H groups in total. The monoisotopic (exact) mass is 326 g/mol. The molecule has 1 aliphatic heterocycles. The molecule has 2 aromatic rings. The Morgan fingerprint density at radius 3 is 2.65 bits per heavy atom. The molecule has 0 atom stereocenters. The Kier molecular flexibility index (Phi) is 4.39. The van der Waals surface area contributed by atoms with E-state index in [1.165, 1.54) is 11.8 Å². The fourth-order valence-corrected chi connectivity index (χ4v) is 3.47. The Bertz CT molecular complexity index is 766. The molecule has 118 valence electrons. The summed E-state index contributed by atoms with van der Waals surface area (Å²) in [7, 11) is 0. The van der Waals surface area contributed by atoms with Gasteiger partial charge in [0.2, 0.25) is 11.8 Å². The van der Waals surface area contributed by atoms with Crippen molar-refractivity contribution < 1.29 is 9.59 Å². The summed E-state index contributed by atoms with van der Waals surface area (Å²) >= 11 is 1.52. The van der Waals surface area contributed by atoms with Crippen LogP contribution in [0.1, 0.15) is 16.7 Å². The van der Waals surface area contributed by atoms with Crippen LogP contribution in [0.3, 0.4) is 0 Å². The molecule has 0 spiro atoms. The van der Waals surface area contributed by atoms with Crippen molar-refractivity contribution in [1.82, 2.24) is 0 Å². The number of amides is 2. The third-order valence-corrected chi connectivity index (χ3v) is 4.62. The summed E-state index contributed by atoms with van der Waals surface area (Å²) in [5, 5.41) is 5.78. The number of nitrogens with one attached hydrogen (secondary N) is 2. The van der Waals surface area contributed by atoms with Crippen molar-refractivity contribution >= 4 is 35.0 Å². The maximum atomic E-state index is 12.2. The molecular formula is C18H18N2O2S. The molecule has 0 unspecified atom stereocenters. The second-order valence-corrected chi connectivity index (χ2v) is 6.79. The highest BCUT2D eigenvalue weighted by Crippen LogP contribution is 2.32. The SMILES string of the molecule is Cc1cc(C)cc(NC(=O)Cc2ccc3c(c2)NC(=O)CS3)c1. The zero-order chi connectivity index (χ0) is 16.4. The van der Waals surface area contributed by atoms with E-state index in [4.69, 9.17) is 0 Å². The molecule has 3 rings (SSSR count). The first-order valence-electron chi connectivity index (χ1n) is 7.43. The van der Waals surface area contributed by atoms with E-state index in [1.54, 1.807) is 0 Å². The number of fused-ring (bicyclic) bond motifs is 1. The minimum atomic E-state index is -0.0651. The predicted molar refractivity (Wildman–Crippen MR) is 94.0 cm³/mol. The van der Waals surface area contributed by atoms with Crippen LogP contribution in [0.5, 0.6) is 0 Å². The molecule has 0 radical (unpaired) electrons. The first-order chi connectivity index (χ1) is 11.0. The maximum absolute atomic E-state index is 12.2. The lowest BCUT2D eigenvalue weighted by Gasteiger charge is -2.17. The molecule has 0 saturated heterocycles. The average molecular weight is 326 g/mol. The number of benzene rings is 2. The van der Waals surface area contributed by atoms with E-state index in [-0.39, 0.29) is 18.2 Å². The summed E-state index contributed by atoms with van der Waals surface area (Å²) in [6.07, 6.45) is 0.279. The number of rotatable bonds is 3. The van der Waals surface area contributed by atoms with E-state index in [0.717, 1.165) is 33.0 Å². The first kappa shape index (κ1) is 15.6. The fraction of sp³-hybridized carbons (Fsp3) is 0.222. The third-order valence-electron chi connectivity index (χ3n) is 3.55. The van der Waals surface area contributed by atoms with Crippen LogP contribution in [0.2, 0.25) is 0 Å². The molecule has 5 heteroatoms. The van der Waals surface area contributed by atoms with Crippen LogP contribution in [0.15, 0.2) is 41.3 Å². The van der Waals surface area contributed by atoms with Gasteiger partial charge in [-0.2, -0.15) is 0 Å². The molecule has 0 aromatic heterocycles. The number of hydrogen-bond acceptors (Lipinski definition) is 3. The van der Waals surface area contributed by atoms with Crippen molar-refractivity contribution in [3.8, 4) is 0 Å². The summed E-state index contributed by atoms with van der Waals surface area (Å²) < 4.78 is 0. The van der Waals surface area contributed by atoms with Gasteiger partial charge < -0.3 is 10.6 Å². The van der Waals surface area contributed by atoms with Crippen LogP contribution in [0.4, 0.5) is 11.4 Å². The Balaban J connectivity index is 1.70. The van der Waals surface area contributed by atoms with Crippen molar-refractivity contribution in [2.75, 3.05) is 16.4 Å². The van der Waals surface area contributed by atoms with Crippen LogP contribution in [-0.4, -0.2) is 17.6 Å². The molecule has 2 amide bonds. The molecule has 0 saturated carbocycles. The summed E-state index contributed by atoms with van der Waals surface area (Å²) in [5.74, 6) is 0.378. The minimum Gasteiger partial charge on any atom is -0.326 e. The Morgan fingerprint density at radius 1 is 1.17 bits per heavy atom. The van der Waals surface area contributed by atoms with E-state index < -0.39 is 0 Å². The minimum absolute atomic E-state index is 0.000613. The number of carbonyl (C=O) groups excluding carboxylic acids is 2. The normalized spacial score (nSPS) is 13.2. The van der Waals surface area contributed by atoms with E-state index in [0.29, 0.717) is 5.75 Å². The molecule has 23 heavy (non-hydrogen) atoms. The van der Waals surface area contributed by atoms with Crippen molar-refractivity contribution in [1.29, 1.82) is 0 Å². The van der Waals surface area contributed by atoms with Crippen LogP contribution >= 0.6 is 11.8 Å². The summed E-state index contributed by atoms with van der Waals surface area (Å²) in [6, 6.07) is 11.7. The summed E-state index contributed by atoms with van der Waals surface area (Å²) in [5.41, 5.74) is 4.73. The van der Waals surface area contributed by atoms with Crippen LogP contribution in [-0.2, 0) is 16.0 Å². The van der Waals surface area contributed by atoms with Gasteiger partial charge >= 0.3 is 0 Å². The standard InChI is InChI=1S/C18H18N2O2S/c1-11-5-12(2)7-14(6-11)19-17(21)9-13-3-4-16-15(8-13)20-18(22)10-23-16/h3-8H,9-10H2,1-2H3,(H,19,21)(H,20,22). The third kappa shape index (κ3) is 3.93. The van der Waals surface area contributed by atoms with Gasteiger partial charge in [-0.3, -0.25) is 9.59 Å². The van der Waals surface area contributed by atoms with Crippen LogP contribution in [0, 0.1) is 13.8 Å². The van der Waals surface area contributed by atoms with Crippen LogP contribution < -0.4 is 10.6 Å². The second kappa shape index (κ2) is 6.46. The lowest BCUT2D eigenvalue weighted by Crippen LogP contribution is -2.19. The van der Waals surface area contributed by atoms with Gasteiger partial charge in [0.1, 0.15) is 0 Å². The zero-order valence-corrected chi connectivity index (χ0v) is 13.9. The van der Waals surface area contributed by atoms with Gasteiger partial charge in [-0.05, 0) is 54.8 Å². The molecule has 1 aliphatic rings. The number of thioether (sulfide) groups is 1. The second-order valence-electron chi connectivity index (χ2n) is 5.77. The molecular weight excluding hydrogens is 308 g/mol. The highest BCUT2D eigenvalue weighted by Gasteiger charge is 2.16. The van der Waals surface area contributed by atoms with Gasteiger partial charge in [0.25, 0.3) is 0 Å². The van der Waals surface area contributed by atoms with Crippen LogP contribution in [0.25, 0.3) is 0 Å². The highest BCUT2D eigenvalue weighted by atomic mass is 32.2. The number of carbonyl (C=O) groups is 2. The molecule has 0 aliphatic carbocycles. The van der Waals surface area contributed by atoms with Gasteiger partial charge in [0, 0.05) is 10.6 Å². The molecule has 0 fully saturated rings. The quantitative estimate of drug-likeness (QED) is 0.907. The van der Waals surface area contributed by atoms with Gasteiger partial charge in [0.05, 0.1) is 17.9 Å². The van der Waals surface area contributed by atoms with E-state index in [1.807, 2.05) is 44.2 Å². The van der Waals surface area contributed by atoms with Crippen molar-refractivity contribution in [3.63, 3.8) is 0 Å². The zero-order valence-electron chi connectivity index (χ0n) is 13.1. The van der Waals surface area contributed by atoms with Gasteiger partial charge in [0.15, 0.2) is 0 Å². The highest BCUT2D eigenvalue weighted by molar-refractivity contribution is 8.00. The number of aryl methyl sites for hydroxylation is 2. The Morgan fingerprint density at radius 2 is 1.91 bits per heavy atom. The Labute approximate surface area is 139 Å². The lowest BCUT2D eigenvalue weighted by molar-refractivity contribution is -0.115. The first-order valence-corrected chi connectivity index (χ1v) is 8.42. The Hall–Kier alpha value is -2.27. The fourth-order valence-electron chi connectivity index (χ4n) is 2.68. The van der Waals surface area contributed by atoms with Gasteiger partial charge in [-0.25, -0.2) is 0 Å². The topological polar surface area (TPSA) is 58.2 Å². The van der Waals surface area contributed by atoms with E-state index in [9.17, 15) is 9.59 Å². The summed E-state index contributed by atoms with van der Waals surface area (Å²) in [4.78, 5) is 24.7. The lowest BCUT2D eigenvalue weighted by atomic mass is 10.1. The number of hydrogen-bond donors (Lipinski definition) is 2. The predicted octanol–water partition coefficient (Wildman–Crippen LogP) is 3.53. The summed E-state index contributed by atoms with van der Waals surface area (Å²) in [6.45, 7) is 4.01. The van der Waals surface area contributed by atoms with Crippen molar-refractivity contribution in [3.05, 3.63) is 53.1 Å². The van der Waals surface area contributed by atoms with Gasteiger partial charge in [-0.15, -0.1) is 11.8 Å². The molecule has 1 heterocycles.